The Morgan fingerprint density at radius 1 is 1.20 bits per heavy atom. The van der Waals surface area contributed by atoms with E-state index in [2.05, 4.69) is 72.1 Å². The molecule has 0 spiro atoms. The van der Waals surface area contributed by atoms with Crippen LogP contribution in [0.1, 0.15) is 37.9 Å². The lowest BCUT2D eigenvalue weighted by molar-refractivity contribution is 0.817. The van der Waals surface area contributed by atoms with Crippen molar-refractivity contribution in [2.45, 2.75) is 33.6 Å². The molecule has 0 unspecified atom stereocenters. The smallest absolute Gasteiger partial charge is 0.162 e. The lowest BCUT2D eigenvalue weighted by Gasteiger charge is -2.12. The topological polar surface area (TPSA) is 37.8 Å². The van der Waals surface area contributed by atoms with Gasteiger partial charge >= 0.3 is 0 Å². The highest BCUT2D eigenvalue weighted by Crippen LogP contribution is 2.28. The van der Waals surface area contributed by atoms with Crippen molar-refractivity contribution < 1.29 is 0 Å². The number of aromatic nitrogens is 2. The highest BCUT2D eigenvalue weighted by atomic mass is 79.9. The Balaban J connectivity index is 2.54. The van der Waals surface area contributed by atoms with Gasteiger partial charge in [0.25, 0.3) is 0 Å². The second-order valence-corrected chi connectivity index (χ2v) is 6.02. The summed E-state index contributed by atoms with van der Waals surface area (Å²) in [7, 11) is 0. The second kappa shape index (κ2) is 6.35. The Bertz CT molecular complexity index is 609. The third-order valence-corrected chi connectivity index (χ3v) is 3.72. The summed E-state index contributed by atoms with van der Waals surface area (Å²) < 4.78 is 1.03. The minimum atomic E-state index is 0.373. The van der Waals surface area contributed by atoms with Crippen LogP contribution >= 0.6 is 15.9 Å². The third-order valence-electron chi connectivity index (χ3n) is 3.06. The van der Waals surface area contributed by atoms with Gasteiger partial charge in [-0.3, -0.25) is 0 Å². The van der Waals surface area contributed by atoms with Gasteiger partial charge in [-0.1, -0.05) is 35.8 Å². The quantitative estimate of drug-likeness (QED) is 0.875. The van der Waals surface area contributed by atoms with E-state index in [-0.39, 0.29) is 0 Å². The van der Waals surface area contributed by atoms with Gasteiger partial charge in [-0.05, 0) is 37.5 Å². The van der Waals surface area contributed by atoms with Gasteiger partial charge in [-0.25, -0.2) is 9.97 Å². The molecule has 4 heteroatoms. The first kappa shape index (κ1) is 15.0. The van der Waals surface area contributed by atoms with Crippen LogP contribution in [0, 0.1) is 6.92 Å². The fraction of sp³-hybridized carbons (Fsp3) is 0.375. The number of hydrogen-bond acceptors (Lipinski definition) is 3. The normalized spacial score (nSPS) is 10.9. The summed E-state index contributed by atoms with van der Waals surface area (Å²) in [6, 6.07) is 8.26. The van der Waals surface area contributed by atoms with E-state index in [1.165, 1.54) is 5.56 Å². The van der Waals surface area contributed by atoms with Gasteiger partial charge < -0.3 is 5.32 Å². The zero-order valence-corrected chi connectivity index (χ0v) is 14.0. The standard InChI is InChI=1S/C16H20BrN3/c1-5-18-15-9-14(10(2)3)19-16(20-15)12-7-6-11(4)8-13(12)17/h6-10H,5H2,1-4H3,(H,18,19,20). The van der Waals surface area contributed by atoms with Crippen LogP contribution in [0.4, 0.5) is 5.82 Å². The maximum atomic E-state index is 4.69. The molecular formula is C16H20BrN3. The van der Waals surface area contributed by atoms with Crippen LogP contribution in [0.5, 0.6) is 0 Å². The first-order chi connectivity index (χ1) is 9.51. The van der Waals surface area contributed by atoms with Crippen LogP contribution in [0.25, 0.3) is 11.4 Å². The van der Waals surface area contributed by atoms with Gasteiger partial charge in [0.05, 0.1) is 0 Å². The monoisotopic (exact) mass is 333 g/mol. The van der Waals surface area contributed by atoms with Crippen LogP contribution in [0.3, 0.4) is 0 Å². The fourth-order valence-electron chi connectivity index (χ4n) is 1.96. The molecule has 2 rings (SSSR count). The van der Waals surface area contributed by atoms with Gasteiger partial charge in [0.15, 0.2) is 5.82 Å². The molecule has 106 valence electrons. The zero-order chi connectivity index (χ0) is 14.7. The van der Waals surface area contributed by atoms with E-state index >= 15 is 0 Å². The Kier molecular flexibility index (Phi) is 4.76. The SMILES string of the molecule is CCNc1cc(C(C)C)nc(-c2ccc(C)cc2Br)n1. The summed E-state index contributed by atoms with van der Waals surface area (Å²) in [6.45, 7) is 9.28. The van der Waals surface area contributed by atoms with Crippen molar-refractivity contribution in [3.8, 4) is 11.4 Å². The Morgan fingerprint density at radius 3 is 2.55 bits per heavy atom. The summed E-state index contributed by atoms with van der Waals surface area (Å²) in [5, 5.41) is 3.28. The van der Waals surface area contributed by atoms with Crippen LogP contribution in [-0.2, 0) is 0 Å². The van der Waals surface area contributed by atoms with Crippen LogP contribution < -0.4 is 5.32 Å². The summed E-state index contributed by atoms with van der Waals surface area (Å²) in [4.78, 5) is 9.31. The number of aryl methyl sites for hydroxylation is 1. The van der Waals surface area contributed by atoms with Crippen LogP contribution in [0.2, 0.25) is 0 Å². The van der Waals surface area contributed by atoms with Gasteiger partial charge in [0.2, 0.25) is 0 Å². The number of anilines is 1. The van der Waals surface area contributed by atoms with Crippen molar-refractivity contribution in [3.05, 3.63) is 40.0 Å². The first-order valence-electron chi connectivity index (χ1n) is 6.90. The van der Waals surface area contributed by atoms with Crippen molar-refractivity contribution in [1.29, 1.82) is 0 Å². The number of hydrogen-bond donors (Lipinski definition) is 1. The Labute approximate surface area is 129 Å². The first-order valence-corrected chi connectivity index (χ1v) is 7.70. The lowest BCUT2D eigenvalue weighted by atomic mass is 10.1. The van der Waals surface area contributed by atoms with E-state index < -0.39 is 0 Å². The van der Waals surface area contributed by atoms with Crippen molar-refractivity contribution in [1.82, 2.24) is 9.97 Å². The number of halogens is 1. The van der Waals surface area contributed by atoms with Crippen LogP contribution in [-0.4, -0.2) is 16.5 Å². The number of rotatable bonds is 4. The van der Waals surface area contributed by atoms with Gasteiger partial charge in [-0.2, -0.15) is 0 Å². The summed E-state index contributed by atoms with van der Waals surface area (Å²) in [5.74, 6) is 2.02. The van der Waals surface area contributed by atoms with Crippen molar-refractivity contribution in [3.63, 3.8) is 0 Å². The Hall–Kier alpha value is -1.42. The summed E-state index contributed by atoms with van der Waals surface area (Å²) in [6.07, 6.45) is 0. The second-order valence-electron chi connectivity index (χ2n) is 5.17. The highest BCUT2D eigenvalue weighted by Gasteiger charge is 2.11. The predicted molar refractivity (Wildman–Crippen MR) is 88.2 cm³/mol. The number of benzene rings is 1. The molecule has 0 aliphatic heterocycles. The fourth-order valence-corrected chi connectivity index (χ4v) is 2.63. The van der Waals surface area contributed by atoms with E-state index in [0.29, 0.717) is 5.92 Å². The molecule has 20 heavy (non-hydrogen) atoms. The number of nitrogens with zero attached hydrogens (tertiary/aromatic N) is 2. The molecule has 1 N–H and O–H groups in total. The molecule has 3 nitrogen and oxygen atoms in total. The Morgan fingerprint density at radius 2 is 1.95 bits per heavy atom. The maximum absolute atomic E-state index is 4.69. The average molecular weight is 334 g/mol. The van der Waals surface area contributed by atoms with Crippen molar-refractivity contribution >= 4 is 21.7 Å². The molecule has 0 amide bonds. The molecule has 0 saturated carbocycles. The van der Waals surface area contributed by atoms with Crippen molar-refractivity contribution in [2.75, 3.05) is 11.9 Å². The zero-order valence-electron chi connectivity index (χ0n) is 12.4. The van der Waals surface area contributed by atoms with Crippen LogP contribution in [0.15, 0.2) is 28.7 Å². The van der Waals surface area contributed by atoms with E-state index in [0.717, 1.165) is 33.9 Å². The van der Waals surface area contributed by atoms with E-state index in [1.807, 2.05) is 6.07 Å². The summed E-state index contributed by atoms with van der Waals surface area (Å²) in [5.41, 5.74) is 3.29. The molecule has 2 aromatic rings. The molecule has 0 fully saturated rings. The molecular weight excluding hydrogens is 314 g/mol. The largest absolute Gasteiger partial charge is 0.370 e. The predicted octanol–water partition coefficient (Wildman–Crippen LogP) is 4.77. The molecule has 1 aromatic heterocycles. The maximum Gasteiger partial charge on any atom is 0.162 e. The van der Waals surface area contributed by atoms with Gasteiger partial charge in [-0.15, -0.1) is 0 Å². The minimum Gasteiger partial charge on any atom is -0.370 e. The average Bonchev–Trinajstić information content (AvgIpc) is 2.38. The molecule has 0 atom stereocenters. The van der Waals surface area contributed by atoms with E-state index in [9.17, 15) is 0 Å². The number of nitrogens with one attached hydrogen (secondary N) is 1. The minimum absolute atomic E-state index is 0.373. The molecule has 0 aliphatic carbocycles. The molecule has 1 heterocycles. The molecule has 0 saturated heterocycles. The van der Waals surface area contributed by atoms with E-state index in [4.69, 9.17) is 4.98 Å². The van der Waals surface area contributed by atoms with Gasteiger partial charge in [0, 0.05) is 28.3 Å². The molecule has 0 bridgehead atoms. The van der Waals surface area contributed by atoms with Crippen molar-refractivity contribution in [2.24, 2.45) is 0 Å². The molecule has 0 aliphatic rings. The lowest BCUT2D eigenvalue weighted by Crippen LogP contribution is -2.05. The molecule has 0 radical (unpaired) electrons. The molecule has 1 aromatic carbocycles. The summed E-state index contributed by atoms with van der Waals surface area (Å²) >= 11 is 3.61. The van der Waals surface area contributed by atoms with E-state index in [1.54, 1.807) is 0 Å². The third kappa shape index (κ3) is 3.37. The highest BCUT2D eigenvalue weighted by molar-refractivity contribution is 9.10. The van der Waals surface area contributed by atoms with Gasteiger partial charge in [0.1, 0.15) is 5.82 Å².